The Bertz CT molecular complexity index is 573. The maximum absolute atomic E-state index is 12.9. The van der Waals surface area contributed by atoms with Crippen molar-refractivity contribution in [2.45, 2.75) is 19.5 Å². The standard InChI is InChI=1S/C15H18FN3S.ClH/c1-11-8-19(7-6-17-11)9-14-10-20-15(18-14)12-2-4-13(16)5-3-12;/h2-5,10-11,17H,6-9H2,1H3;1H/t11-;/m0./s1. The number of benzene rings is 1. The number of thiazole rings is 1. The molecule has 21 heavy (non-hydrogen) atoms. The molecule has 1 aliphatic rings. The molecule has 2 aromatic rings. The van der Waals surface area contributed by atoms with E-state index in [-0.39, 0.29) is 18.2 Å². The number of hydrogen-bond acceptors (Lipinski definition) is 4. The summed E-state index contributed by atoms with van der Waals surface area (Å²) in [6, 6.07) is 7.07. The minimum atomic E-state index is -0.208. The lowest BCUT2D eigenvalue weighted by Crippen LogP contribution is -2.48. The van der Waals surface area contributed by atoms with Crippen molar-refractivity contribution in [1.29, 1.82) is 0 Å². The second kappa shape index (κ2) is 7.31. The second-order valence-electron chi connectivity index (χ2n) is 5.24. The fourth-order valence-corrected chi connectivity index (χ4v) is 3.31. The molecule has 1 aliphatic heterocycles. The quantitative estimate of drug-likeness (QED) is 0.938. The number of aromatic nitrogens is 1. The van der Waals surface area contributed by atoms with Crippen molar-refractivity contribution in [3.63, 3.8) is 0 Å². The van der Waals surface area contributed by atoms with Gasteiger partial charge in [-0.25, -0.2) is 9.37 Å². The van der Waals surface area contributed by atoms with Crippen molar-refractivity contribution < 1.29 is 4.39 Å². The first kappa shape index (κ1) is 16.4. The zero-order chi connectivity index (χ0) is 13.9. The van der Waals surface area contributed by atoms with Gasteiger partial charge in [0, 0.05) is 43.2 Å². The smallest absolute Gasteiger partial charge is 0.123 e. The Hall–Kier alpha value is -1.01. The molecule has 1 aromatic heterocycles. The van der Waals surface area contributed by atoms with Gasteiger partial charge in [-0.05, 0) is 31.2 Å². The fourth-order valence-electron chi connectivity index (χ4n) is 2.49. The largest absolute Gasteiger partial charge is 0.312 e. The second-order valence-corrected chi connectivity index (χ2v) is 6.10. The molecular weight excluding hydrogens is 309 g/mol. The highest BCUT2D eigenvalue weighted by atomic mass is 35.5. The van der Waals surface area contributed by atoms with Crippen molar-refractivity contribution in [1.82, 2.24) is 15.2 Å². The van der Waals surface area contributed by atoms with Crippen LogP contribution in [-0.2, 0) is 6.54 Å². The van der Waals surface area contributed by atoms with Gasteiger partial charge in [-0.15, -0.1) is 23.7 Å². The molecular formula is C15H19ClFN3S. The first-order valence-corrected chi connectivity index (χ1v) is 7.75. The van der Waals surface area contributed by atoms with Gasteiger partial charge in [-0.1, -0.05) is 0 Å². The molecule has 114 valence electrons. The van der Waals surface area contributed by atoms with E-state index >= 15 is 0 Å². The van der Waals surface area contributed by atoms with Crippen molar-refractivity contribution >= 4 is 23.7 Å². The minimum absolute atomic E-state index is 0. The van der Waals surface area contributed by atoms with E-state index in [0.29, 0.717) is 6.04 Å². The summed E-state index contributed by atoms with van der Waals surface area (Å²) < 4.78 is 12.9. The van der Waals surface area contributed by atoms with E-state index in [1.54, 1.807) is 23.5 Å². The summed E-state index contributed by atoms with van der Waals surface area (Å²) in [5, 5.41) is 6.50. The molecule has 2 heterocycles. The molecule has 1 atom stereocenters. The summed E-state index contributed by atoms with van der Waals surface area (Å²) in [5.41, 5.74) is 2.08. The highest BCUT2D eigenvalue weighted by Crippen LogP contribution is 2.24. The molecule has 0 spiro atoms. The zero-order valence-corrected chi connectivity index (χ0v) is 13.5. The lowest BCUT2D eigenvalue weighted by Gasteiger charge is -2.31. The average Bonchev–Trinajstić information content (AvgIpc) is 2.88. The van der Waals surface area contributed by atoms with E-state index < -0.39 is 0 Å². The van der Waals surface area contributed by atoms with Crippen LogP contribution in [0.25, 0.3) is 10.6 Å². The van der Waals surface area contributed by atoms with Crippen molar-refractivity contribution in [2.24, 2.45) is 0 Å². The molecule has 0 aliphatic carbocycles. The number of nitrogens with one attached hydrogen (secondary N) is 1. The van der Waals surface area contributed by atoms with Crippen molar-refractivity contribution in [3.8, 4) is 10.6 Å². The lowest BCUT2D eigenvalue weighted by molar-refractivity contribution is 0.198. The average molecular weight is 328 g/mol. The van der Waals surface area contributed by atoms with E-state index in [4.69, 9.17) is 0 Å². The van der Waals surface area contributed by atoms with Crippen LogP contribution in [0.1, 0.15) is 12.6 Å². The predicted molar refractivity (Wildman–Crippen MR) is 87.5 cm³/mol. The molecule has 0 bridgehead atoms. The molecule has 0 unspecified atom stereocenters. The lowest BCUT2D eigenvalue weighted by atomic mass is 10.2. The third-order valence-corrected chi connectivity index (χ3v) is 4.42. The Balaban J connectivity index is 0.00000161. The van der Waals surface area contributed by atoms with Crippen LogP contribution in [-0.4, -0.2) is 35.6 Å². The minimum Gasteiger partial charge on any atom is -0.312 e. The summed E-state index contributed by atoms with van der Waals surface area (Å²) in [6.07, 6.45) is 0. The molecule has 3 rings (SSSR count). The van der Waals surface area contributed by atoms with Gasteiger partial charge in [0.2, 0.25) is 0 Å². The Morgan fingerprint density at radius 1 is 1.38 bits per heavy atom. The van der Waals surface area contributed by atoms with E-state index in [9.17, 15) is 4.39 Å². The van der Waals surface area contributed by atoms with Crippen LogP contribution in [0.15, 0.2) is 29.6 Å². The maximum Gasteiger partial charge on any atom is 0.123 e. The van der Waals surface area contributed by atoms with Gasteiger partial charge >= 0.3 is 0 Å². The number of halogens is 2. The van der Waals surface area contributed by atoms with Crippen LogP contribution in [0.4, 0.5) is 4.39 Å². The number of piperazine rings is 1. The third kappa shape index (κ3) is 4.23. The highest BCUT2D eigenvalue weighted by Gasteiger charge is 2.16. The summed E-state index contributed by atoms with van der Waals surface area (Å²) in [4.78, 5) is 7.08. The van der Waals surface area contributed by atoms with Crippen molar-refractivity contribution in [3.05, 3.63) is 41.2 Å². The molecule has 1 N–H and O–H groups in total. The van der Waals surface area contributed by atoms with E-state index in [1.807, 2.05) is 0 Å². The van der Waals surface area contributed by atoms with Gasteiger partial charge in [-0.3, -0.25) is 4.90 Å². The van der Waals surface area contributed by atoms with Crippen LogP contribution in [0.3, 0.4) is 0 Å². The summed E-state index contributed by atoms with van der Waals surface area (Å²) >= 11 is 1.62. The Morgan fingerprint density at radius 3 is 2.86 bits per heavy atom. The van der Waals surface area contributed by atoms with Crippen LogP contribution in [0.2, 0.25) is 0 Å². The zero-order valence-electron chi connectivity index (χ0n) is 11.9. The number of rotatable bonds is 3. The van der Waals surface area contributed by atoms with Crippen LogP contribution in [0, 0.1) is 5.82 Å². The summed E-state index contributed by atoms with van der Waals surface area (Å²) in [5.74, 6) is -0.208. The molecule has 0 amide bonds. The van der Waals surface area contributed by atoms with Crippen LogP contribution >= 0.6 is 23.7 Å². The Morgan fingerprint density at radius 2 is 2.14 bits per heavy atom. The van der Waals surface area contributed by atoms with Gasteiger partial charge in [-0.2, -0.15) is 0 Å². The molecule has 6 heteroatoms. The molecule has 0 saturated carbocycles. The summed E-state index contributed by atoms with van der Waals surface area (Å²) in [7, 11) is 0. The third-order valence-electron chi connectivity index (χ3n) is 3.48. The fraction of sp³-hybridized carbons (Fsp3) is 0.400. The van der Waals surface area contributed by atoms with E-state index in [0.717, 1.165) is 42.4 Å². The maximum atomic E-state index is 12.9. The van der Waals surface area contributed by atoms with Gasteiger partial charge in [0.25, 0.3) is 0 Å². The van der Waals surface area contributed by atoms with Crippen LogP contribution < -0.4 is 5.32 Å². The molecule has 1 saturated heterocycles. The van der Waals surface area contributed by atoms with E-state index in [2.05, 4.69) is 27.5 Å². The van der Waals surface area contributed by atoms with E-state index in [1.165, 1.54) is 12.1 Å². The van der Waals surface area contributed by atoms with Gasteiger partial charge < -0.3 is 5.32 Å². The normalized spacial score (nSPS) is 19.2. The van der Waals surface area contributed by atoms with Gasteiger partial charge in [0.15, 0.2) is 0 Å². The van der Waals surface area contributed by atoms with Crippen LogP contribution in [0.5, 0.6) is 0 Å². The first-order chi connectivity index (χ1) is 9.70. The first-order valence-electron chi connectivity index (χ1n) is 6.87. The SMILES string of the molecule is C[C@H]1CN(Cc2csc(-c3ccc(F)cc3)n2)CCN1.Cl. The Kier molecular flexibility index (Phi) is 5.70. The Labute approximate surface area is 134 Å². The topological polar surface area (TPSA) is 28.2 Å². The van der Waals surface area contributed by atoms with Gasteiger partial charge in [0.05, 0.1) is 5.69 Å². The monoisotopic (exact) mass is 327 g/mol. The molecule has 3 nitrogen and oxygen atoms in total. The number of hydrogen-bond donors (Lipinski definition) is 1. The predicted octanol–water partition coefficient (Wildman–Crippen LogP) is 3.16. The summed E-state index contributed by atoms with van der Waals surface area (Å²) in [6.45, 7) is 6.26. The van der Waals surface area contributed by atoms with Gasteiger partial charge in [0.1, 0.15) is 10.8 Å². The number of nitrogens with zero attached hydrogens (tertiary/aromatic N) is 2. The molecule has 1 aromatic carbocycles. The highest BCUT2D eigenvalue weighted by molar-refractivity contribution is 7.13. The van der Waals surface area contributed by atoms with Crippen molar-refractivity contribution in [2.75, 3.05) is 19.6 Å². The molecule has 0 radical (unpaired) electrons. The molecule has 1 fully saturated rings.